The van der Waals surface area contributed by atoms with Gasteiger partial charge in [0.1, 0.15) is 18.1 Å². The molecule has 0 radical (unpaired) electrons. The number of aromatic hydroxyl groups is 1. The van der Waals surface area contributed by atoms with Gasteiger partial charge in [-0.05, 0) is 40.2 Å². The van der Waals surface area contributed by atoms with Gasteiger partial charge in [-0.3, -0.25) is 5.01 Å². The van der Waals surface area contributed by atoms with Crippen LogP contribution >= 0.6 is 15.9 Å². The predicted octanol–water partition coefficient (Wildman–Crippen LogP) is 4.01. The quantitative estimate of drug-likeness (QED) is 0.391. The van der Waals surface area contributed by atoms with Crippen LogP contribution < -0.4 is 15.9 Å². The highest BCUT2D eigenvalue weighted by molar-refractivity contribution is 9.10. The molecule has 0 bridgehead atoms. The van der Waals surface area contributed by atoms with Crippen molar-refractivity contribution in [3.05, 3.63) is 52.0 Å². The van der Waals surface area contributed by atoms with Gasteiger partial charge in [0.2, 0.25) is 0 Å². The molecule has 0 aliphatic rings. The number of nitrogens with zero attached hydrogens (tertiary/aromatic N) is 1. The van der Waals surface area contributed by atoms with E-state index >= 15 is 0 Å². The Kier molecular flexibility index (Phi) is 6.16. The summed E-state index contributed by atoms with van der Waals surface area (Å²) in [4.78, 5) is 11.7. The Bertz CT molecular complexity index is 772. The number of urea groups is 1. The number of nitrogens with one attached hydrogen (secondary N) is 1. The van der Waals surface area contributed by atoms with E-state index in [9.17, 15) is 18.7 Å². The zero-order valence-corrected chi connectivity index (χ0v) is 14.8. The minimum atomic E-state index is -2.74. The van der Waals surface area contributed by atoms with E-state index in [2.05, 4.69) is 21.2 Å². The van der Waals surface area contributed by atoms with Crippen LogP contribution in [0.4, 0.5) is 19.3 Å². The minimum Gasteiger partial charge on any atom is -0.508 e. The molecule has 0 saturated heterocycles. The Morgan fingerprint density at radius 2 is 2.12 bits per heavy atom. The van der Waals surface area contributed by atoms with Crippen molar-refractivity contribution in [3.8, 4) is 11.5 Å². The van der Waals surface area contributed by atoms with Gasteiger partial charge in [-0.25, -0.2) is 19.4 Å². The fraction of sp³-hybridized carbons (Fsp3) is 0.188. The number of nitrogens with two attached hydrogens (primary N) is 1. The number of hydrazine groups is 1. The average Bonchev–Trinajstić information content (AvgIpc) is 2.54. The summed E-state index contributed by atoms with van der Waals surface area (Å²) in [5.41, 5.74) is 0.0510. The van der Waals surface area contributed by atoms with Crippen LogP contribution in [0.15, 0.2) is 40.9 Å². The summed E-state index contributed by atoms with van der Waals surface area (Å²) in [6.07, 6.45) is -2.74. The van der Waals surface area contributed by atoms with Crippen molar-refractivity contribution in [2.75, 3.05) is 12.4 Å². The van der Waals surface area contributed by atoms with Crippen molar-refractivity contribution in [1.82, 2.24) is 5.01 Å². The molecule has 2 rings (SSSR count). The van der Waals surface area contributed by atoms with Crippen LogP contribution in [0.5, 0.6) is 11.5 Å². The average molecular weight is 416 g/mol. The summed E-state index contributed by atoms with van der Waals surface area (Å²) in [5.74, 6) is 5.73. The zero-order chi connectivity index (χ0) is 18.6. The fourth-order valence-electron chi connectivity index (χ4n) is 2.05. The van der Waals surface area contributed by atoms with Crippen molar-refractivity contribution >= 4 is 27.6 Å². The SMILES string of the molecule is CN(N)C(=O)Nc1cccc(C(F)F)c1COc1ccc(O)cc1Br. The molecule has 0 spiro atoms. The Morgan fingerprint density at radius 3 is 2.72 bits per heavy atom. The van der Waals surface area contributed by atoms with Crippen LogP contribution in [0.2, 0.25) is 0 Å². The number of carbonyl (C=O) groups excluding carboxylic acids is 1. The maximum Gasteiger partial charge on any atom is 0.335 e. The highest BCUT2D eigenvalue weighted by atomic mass is 79.9. The number of anilines is 1. The molecule has 2 amide bonds. The number of ether oxygens (including phenoxy) is 1. The Hall–Kier alpha value is -2.39. The number of amides is 2. The van der Waals surface area contributed by atoms with Gasteiger partial charge in [-0.15, -0.1) is 0 Å². The molecule has 0 aromatic heterocycles. The lowest BCUT2D eigenvalue weighted by molar-refractivity contribution is 0.148. The molecule has 0 heterocycles. The maximum atomic E-state index is 13.3. The Morgan fingerprint density at radius 1 is 1.40 bits per heavy atom. The molecule has 9 heteroatoms. The summed E-state index contributed by atoms with van der Waals surface area (Å²) < 4.78 is 32.7. The van der Waals surface area contributed by atoms with E-state index in [-0.39, 0.29) is 29.2 Å². The van der Waals surface area contributed by atoms with Gasteiger partial charge in [-0.1, -0.05) is 12.1 Å². The molecular weight excluding hydrogens is 400 g/mol. The topological polar surface area (TPSA) is 87.8 Å². The summed E-state index contributed by atoms with van der Waals surface area (Å²) in [6.45, 7) is -0.214. The van der Waals surface area contributed by atoms with Crippen LogP contribution in [0, 0.1) is 0 Å². The number of carbonyl (C=O) groups is 1. The van der Waals surface area contributed by atoms with E-state index in [4.69, 9.17) is 10.6 Å². The third kappa shape index (κ3) is 4.80. The number of phenols is 1. The number of hydrogen-bond acceptors (Lipinski definition) is 4. The van der Waals surface area contributed by atoms with Crippen molar-refractivity contribution in [2.45, 2.75) is 13.0 Å². The highest BCUT2D eigenvalue weighted by Gasteiger charge is 2.19. The molecular formula is C16H16BrF2N3O3. The summed E-state index contributed by atoms with van der Waals surface area (Å²) in [5, 5.41) is 12.7. The maximum absolute atomic E-state index is 13.3. The van der Waals surface area contributed by atoms with Crippen LogP contribution in [0.1, 0.15) is 17.6 Å². The van der Waals surface area contributed by atoms with E-state index in [1.807, 2.05) is 0 Å². The van der Waals surface area contributed by atoms with Gasteiger partial charge >= 0.3 is 6.03 Å². The molecule has 0 fully saturated rings. The van der Waals surface area contributed by atoms with Crippen LogP contribution in [-0.2, 0) is 6.61 Å². The van der Waals surface area contributed by atoms with Gasteiger partial charge in [-0.2, -0.15) is 0 Å². The normalized spacial score (nSPS) is 10.6. The van der Waals surface area contributed by atoms with E-state index in [0.29, 0.717) is 10.2 Å². The Labute approximate surface area is 151 Å². The third-order valence-electron chi connectivity index (χ3n) is 3.30. The van der Waals surface area contributed by atoms with Gasteiger partial charge in [0, 0.05) is 23.9 Å². The van der Waals surface area contributed by atoms with Crippen LogP contribution in [0.25, 0.3) is 0 Å². The largest absolute Gasteiger partial charge is 0.508 e. The lowest BCUT2D eigenvalue weighted by Crippen LogP contribution is -2.37. The molecule has 2 aromatic carbocycles. The van der Waals surface area contributed by atoms with E-state index < -0.39 is 12.5 Å². The van der Waals surface area contributed by atoms with Crippen molar-refractivity contribution < 1.29 is 23.4 Å². The highest BCUT2D eigenvalue weighted by Crippen LogP contribution is 2.33. The molecule has 0 unspecified atom stereocenters. The predicted molar refractivity (Wildman–Crippen MR) is 92.5 cm³/mol. The Balaban J connectivity index is 2.31. The zero-order valence-electron chi connectivity index (χ0n) is 13.2. The monoisotopic (exact) mass is 415 g/mol. The number of rotatable bonds is 5. The summed E-state index contributed by atoms with van der Waals surface area (Å²) >= 11 is 3.22. The second-order valence-electron chi connectivity index (χ2n) is 5.12. The second-order valence-corrected chi connectivity index (χ2v) is 5.97. The van der Waals surface area contributed by atoms with Gasteiger partial charge in [0.25, 0.3) is 6.43 Å². The lowest BCUT2D eigenvalue weighted by atomic mass is 10.1. The smallest absolute Gasteiger partial charge is 0.335 e. The number of hydrogen-bond donors (Lipinski definition) is 3. The minimum absolute atomic E-state index is 0.0335. The summed E-state index contributed by atoms with van der Waals surface area (Å²) in [6, 6.07) is 7.82. The van der Waals surface area contributed by atoms with Crippen molar-refractivity contribution in [1.29, 1.82) is 0 Å². The lowest BCUT2D eigenvalue weighted by Gasteiger charge is -2.18. The molecule has 0 aliphatic carbocycles. The van der Waals surface area contributed by atoms with Gasteiger partial charge in [0.15, 0.2) is 0 Å². The molecule has 0 aliphatic heterocycles. The molecule has 6 nitrogen and oxygen atoms in total. The van der Waals surface area contributed by atoms with Gasteiger partial charge < -0.3 is 15.2 Å². The first-order chi connectivity index (χ1) is 11.8. The number of benzene rings is 2. The van der Waals surface area contributed by atoms with Crippen molar-refractivity contribution in [3.63, 3.8) is 0 Å². The number of phenolic OH excluding ortho intramolecular Hbond substituents is 1. The second kappa shape index (κ2) is 8.13. The molecule has 0 atom stereocenters. The standard InChI is InChI=1S/C16H16BrF2N3O3/c1-22(20)16(24)21-13-4-2-3-10(15(18)19)11(13)8-25-14-6-5-9(23)7-12(14)17/h2-7,15,23H,8,20H2,1H3,(H,21,24). The first-order valence-electron chi connectivity index (χ1n) is 7.10. The molecule has 134 valence electrons. The third-order valence-corrected chi connectivity index (χ3v) is 3.92. The van der Waals surface area contributed by atoms with E-state index in [1.54, 1.807) is 0 Å². The fourth-order valence-corrected chi connectivity index (χ4v) is 2.53. The van der Waals surface area contributed by atoms with Gasteiger partial charge in [0.05, 0.1) is 4.47 Å². The number of alkyl halides is 2. The first kappa shape index (κ1) is 18.9. The molecule has 4 N–H and O–H groups in total. The molecule has 0 saturated carbocycles. The van der Waals surface area contributed by atoms with Crippen molar-refractivity contribution in [2.24, 2.45) is 5.84 Å². The van der Waals surface area contributed by atoms with Crippen LogP contribution in [-0.4, -0.2) is 23.2 Å². The van der Waals surface area contributed by atoms with E-state index in [1.165, 1.54) is 43.4 Å². The van der Waals surface area contributed by atoms with Crippen LogP contribution in [0.3, 0.4) is 0 Å². The summed E-state index contributed by atoms with van der Waals surface area (Å²) in [7, 11) is 1.33. The number of halogens is 3. The van der Waals surface area contributed by atoms with E-state index in [0.717, 1.165) is 5.01 Å². The molecule has 25 heavy (non-hydrogen) atoms. The molecule has 2 aromatic rings. The first-order valence-corrected chi connectivity index (χ1v) is 7.89.